The Hall–Kier alpha value is -1.11. The Balaban J connectivity index is 3.09. The average Bonchev–Trinajstić information content (AvgIpc) is 2.05. The first-order valence-corrected chi connectivity index (χ1v) is 4.33. The van der Waals surface area contributed by atoms with Crippen LogP contribution in [0.1, 0.15) is 34.8 Å². The van der Waals surface area contributed by atoms with Gasteiger partial charge in [-0.25, -0.2) is 0 Å². The summed E-state index contributed by atoms with van der Waals surface area (Å²) in [6, 6.07) is 6.01. The van der Waals surface area contributed by atoms with E-state index in [1.807, 2.05) is 25.1 Å². The van der Waals surface area contributed by atoms with E-state index in [4.69, 9.17) is 0 Å². The van der Waals surface area contributed by atoms with E-state index >= 15 is 0 Å². The Kier molecular flexibility index (Phi) is 3.03. The van der Waals surface area contributed by atoms with E-state index in [2.05, 4.69) is 6.92 Å². The Morgan fingerprint density at radius 1 is 1.42 bits per heavy atom. The van der Waals surface area contributed by atoms with Crippen LogP contribution in [0, 0.1) is 6.92 Å². The van der Waals surface area contributed by atoms with Crippen LogP contribution in [0.4, 0.5) is 0 Å². The molecule has 0 saturated heterocycles. The third kappa shape index (κ3) is 1.73. The molecule has 0 N–H and O–H groups in total. The number of hydrogen-bond donors (Lipinski definition) is 0. The maximum absolute atomic E-state index is 10.7. The number of carbonyl (C=O) groups excluding carboxylic acids is 1. The molecule has 1 rings (SSSR count). The number of rotatable bonds is 3. The number of aryl methyl sites for hydroxylation is 2. The van der Waals surface area contributed by atoms with Gasteiger partial charge in [0.15, 0.2) is 6.29 Å². The van der Waals surface area contributed by atoms with Crippen molar-refractivity contribution in [3.05, 3.63) is 34.9 Å². The molecule has 1 aromatic rings. The highest BCUT2D eigenvalue weighted by molar-refractivity contribution is 5.79. The van der Waals surface area contributed by atoms with Crippen molar-refractivity contribution < 1.29 is 4.79 Å². The van der Waals surface area contributed by atoms with Crippen LogP contribution in [-0.2, 0) is 6.42 Å². The standard InChI is InChI=1S/C11H14O/c1-3-5-10-7-4-6-9(2)11(10)8-12/h4,6-8H,3,5H2,1-2H3. The lowest BCUT2D eigenvalue weighted by Crippen LogP contribution is -1.94. The van der Waals surface area contributed by atoms with Crippen molar-refractivity contribution in [3.8, 4) is 0 Å². The number of hydrogen-bond acceptors (Lipinski definition) is 1. The molecule has 0 aromatic heterocycles. The van der Waals surface area contributed by atoms with E-state index < -0.39 is 0 Å². The summed E-state index contributed by atoms with van der Waals surface area (Å²) in [5, 5.41) is 0. The van der Waals surface area contributed by atoms with E-state index in [9.17, 15) is 4.79 Å². The van der Waals surface area contributed by atoms with Crippen molar-refractivity contribution in [2.24, 2.45) is 0 Å². The maximum atomic E-state index is 10.7. The molecule has 0 amide bonds. The van der Waals surface area contributed by atoms with Crippen LogP contribution in [0.5, 0.6) is 0 Å². The van der Waals surface area contributed by atoms with Crippen LogP contribution in [0.25, 0.3) is 0 Å². The van der Waals surface area contributed by atoms with Crippen LogP contribution in [0.2, 0.25) is 0 Å². The van der Waals surface area contributed by atoms with Crippen molar-refractivity contribution in [3.63, 3.8) is 0 Å². The second-order valence-corrected chi connectivity index (χ2v) is 3.02. The van der Waals surface area contributed by atoms with Crippen molar-refractivity contribution in [2.45, 2.75) is 26.7 Å². The van der Waals surface area contributed by atoms with Gasteiger partial charge in [-0.2, -0.15) is 0 Å². The first kappa shape index (κ1) is 8.98. The molecule has 1 heteroatoms. The Bertz CT molecular complexity index is 276. The Labute approximate surface area is 73.4 Å². The first-order valence-electron chi connectivity index (χ1n) is 4.33. The largest absolute Gasteiger partial charge is 0.298 e. The van der Waals surface area contributed by atoms with Crippen molar-refractivity contribution in [2.75, 3.05) is 0 Å². The topological polar surface area (TPSA) is 17.1 Å². The summed E-state index contributed by atoms with van der Waals surface area (Å²) in [4.78, 5) is 10.7. The van der Waals surface area contributed by atoms with Crippen molar-refractivity contribution in [1.82, 2.24) is 0 Å². The maximum Gasteiger partial charge on any atom is 0.150 e. The number of carbonyl (C=O) groups is 1. The number of benzene rings is 1. The molecular formula is C11H14O. The molecular weight excluding hydrogens is 148 g/mol. The predicted octanol–water partition coefficient (Wildman–Crippen LogP) is 2.76. The molecule has 0 spiro atoms. The summed E-state index contributed by atoms with van der Waals surface area (Å²) >= 11 is 0. The van der Waals surface area contributed by atoms with E-state index in [1.165, 1.54) is 5.56 Å². The van der Waals surface area contributed by atoms with Gasteiger partial charge in [-0.3, -0.25) is 4.79 Å². The molecule has 0 saturated carbocycles. The minimum Gasteiger partial charge on any atom is -0.298 e. The van der Waals surface area contributed by atoms with Gasteiger partial charge in [0.25, 0.3) is 0 Å². The van der Waals surface area contributed by atoms with Crippen molar-refractivity contribution in [1.29, 1.82) is 0 Å². The van der Waals surface area contributed by atoms with Crippen LogP contribution in [0.15, 0.2) is 18.2 Å². The lowest BCUT2D eigenvalue weighted by atomic mass is 10.00. The summed E-state index contributed by atoms with van der Waals surface area (Å²) in [6.45, 7) is 4.10. The summed E-state index contributed by atoms with van der Waals surface area (Å²) in [5.41, 5.74) is 3.13. The minimum atomic E-state index is 0.874. The van der Waals surface area contributed by atoms with Gasteiger partial charge in [0.2, 0.25) is 0 Å². The zero-order valence-electron chi connectivity index (χ0n) is 7.63. The molecule has 0 aliphatic carbocycles. The monoisotopic (exact) mass is 162 g/mol. The van der Waals surface area contributed by atoms with Gasteiger partial charge in [-0.05, 0) is 24.5 Å². The van der Waals surface area contributed by atoms with Gasteiger partial charge in [0.05, 0.1) is 0 Å². The summed E-state index contributed by atoms with van der Waals surface area (Å²) < 4.78 is 0. The normalized spacial score (nSPS) is 9.83. The summed E-state index contributed by atoms with van der Waals surface area (Å²) in [6.07, 6.45) is 3.04. The Morgan fingerprint density at radius 3 is 2.75 bits per heavy atom. The van der Waals surface area contributed by atoms with Crippen LogP contribution < -0.4 is 0 Å². The smallest absolute Gasteiger partial charge is 0.150 e. The fourth-order valence-corrected chi connectivity index (χ4v) is 1.40. The van der Waals surface area contributed by atoms with E-state index in [0.29, 0.717) is 0 Å². The molecule has 12 heavy (non-hydrogen) atoms. The van der Waals surface area contributed by atoms with Crippen LogP contribution >= 0.6 is 0 Å². The van der Waals surface area contributed by atoms with E-state index in [0.717, 1.165) is 30.3 Å². The lowest BCUT2D eigenvalue weighted by molar-refractivity contribution is 0.112. The fraction of sp³-hybridized carbons (Fsp3) is 0.364. The third-order valence-corrected chi connectivity index (χ3v) is 2.05. The van der Waals surface area contributed by atoms with Gasteiger partial charge >= 0.3 is 0 Å². The summed E-state index contributed by atoms with van der Waals surface area (Å²) in [7, 11) is 0. The van der Waals surface area contributed by atoms with E-state index in [-0.39, 0.29) is 0 Å². The molecule has 0 bridgehead atoms. The molecule has 0 radical (unpaired) electrons. The second-order valence-electron chi connectivity index (χ2n) is 3.02. The zero-order chi connectivity index (χ0) is 8.97. The first-order chi connectivity index (χ1) is 5.79. The van der Waals surface area contributed by atoms with Crippen LogP contribution in [-0.4, -0.2) is 6.29 Å². The van der Waals surface area contributed by atoms with Crippen molar-refractivity contribution >= 4 is 6.29 Å². The third-order valence-electron chi connectivity index (χ3n) is 2.05. The average molecular weight is 162 g/mol. The lowest BCUT2D eigenvalue weighted by Gasteiger charge is -2.04. The minimum absolute atomic E-state index is 0.874. The van der Waals surface area contributed by atoms with Gasteiger partial charge in [-0.1, -0.05) is 31.5 Å². The number of aldehydes is 1. The molecule has 0 fully saturated rings. The molecule has 1 aromatic carbocycles. The molecule has 0 aliphatic heterocycles. The highest BCUT2D eigenvalue weighted by Gasteiger charge is 2.02. The molecule has 0 heterocycles. The highest BCUT2D eigenvalue weighted by Crippen LogP contribution is 2.13. The quantitative estimate of drug-likeness (QED) is 0.624. The molecule has 0 atom stereocenters. The molecule has 1 nitrogen and oxygen atoms in total. The predicted molar refractivity (Wildman–Crippen MR) is 50.6 cm³/mol. The molecule has 64 valence electrons. The van der Waals surface area contributed by atoms with Gasteiger partial charge in [0, 0.05) is 5.56 Å². The molecule has 0 aliphatic rings. The van der Waals surface area contributed by atoms with Crippen LogP contribution in [0.3, 0.4) is 0 Å². The molecule has 0 unspecified atom stereocenters. The summed E-state index contributed by atoms with van der Waals surface area (Å²) in [5.74, 6) is 0. The van der Waals surface area contributed by atoms with E-state index in [1.54, 1.807) is 0 Å². The Morgan fingerprint density at radius 2 is 2.17 bits per heavy atom. The van der Waals surface area contributed by atoms with Gasteiger partial charge in [-0.15, -0.1) is 0 Å². The van der Waals surface area contributed by atoms with Gasteiger partial charge in [0.1, 0.15) is 0 Å². The SMILES string of the molecule is CCCc1cccc(C)c1C=O. The fourth-order valence-electron chi connectivity index (χ4n) is 1.40. The zero-order valence-corrected chi connectivity index (χ0v) is 7.63. The highest BCUT2D eigenvalue weighted by atomic mass is 16.1. The second kappa shape index (κ2) is 4.05. The van der Waals surface area contributed by atoms with Gasteiger partial charge < -0.3 is 0 Å².